The molecular weight excluding hydrogens is 310 g/mol. The van der Waals surface area contributed by atoms with Crippen LogP contribution in [-0.4, -0.2) is 25.3 Å². The quantitative estimate of drug-likeness (QED) is 0.360. The molecule has 4 nitrogen and oxygen atoms in total. The van der Waals surface area contributed by atoms with Gasteiger partial charge in [-0.25, -0.2) is 0 Å². The standard InChI is InChI=1S/C10H22O3S.C8H19N/c1-10(2)8-6-4-3-5-7-9-14(11,12)13;1-8(2)6-4-3-5-7-9/h10H,3-9H2,1-2H3,(H,11,12,13);8H,3-7,9H2,1-2H3. The molecule has 0 heterocycles. The maximum atomic E-state index is 10.4. The van der Waals surface area contributed by atoms with Crippen molar-refractivity contribution in [2.24, 2.45) is 17.6 Å². The maximum Gasteiger partial charge on any atom is 0.264 e. The Morgan fingerprint density at radius 1 is 0.739 bits per heavy atom. The van der Waals surface area contributed by atoms with E-state index in [1.54, 1.807) is 0 Å². The van der Waals surface area contributed by atoms with Crippen LogP contribution in [0.1, 0.15) is 91.9 Å². The van der Waals surface area contributed by atoms with Crippen LogP contribution in [0.25, 0.3) is 0 Å². The molecule has 142 valence electrons. The van der Waals surface area contributed by atoms with E-state index in [4.69, 9.17) is 10.3 Å². The summed E-state index contributed by atoms with van der Waals surface area (Å²) in [7, 11) is -3.73. The lowest BCUT2D eigenvalue weighted by molar-refractivity contribution is 0.477. The summed E-state index contributed by atoms with van der Waals surface area (Å²) in [5, 5.41) is 0. The van der Waals surface area contributed by atoms with Gasteiger partial charge in [0.15, 0.2) is 0 Å². The fraction of sp³-hybridized carbons (Fsp3) is 1.00. The summed E-state index contributed by atoms with van der Waals surface area (Å²) in [6.07, 6.45) is 11.4. The fourth-order valence-electron chi connectivity index (χ4n) is 2.24. The zero-order chi connectivity index (χ0) is 18.1. The number of rotatable bonds is 13. The minimum Gasteiger partial charge on any atom is -0.330 e. The number of hydrogen-bond donors (Lipinski definition) is 2. The number of unbranched alkanes of at least 4 members (excludes halogenated alkanes) is 6. The molecule has 0 bridgehead atoms. The van der Waals surface area contributed by atoms with E-state index >= 15 is 0 Å². The molecule has 0 aromatic rings. The molecule has 0 saturated heterocycles. The average molecular weight is 352 g/mol. The first kappa shape index (κ1) is 25.1. The third-order valence-corrected chi connectivity index (χ3v) is 4.47. The molecule has 0 atom stereocenters. The minimum atomic E-state index is -3.73. The summed E-state index contributed by atoms with van der Waals surface area (Å²) >= 11 is 0. The van der Waals surface area contributed by atoms with Gasteiger partial charge >= 0.3 is 0 Å². The van der Waals surface area contributed by atoms with Gasteiger partial charge in [-0.2, -0.15) is 8.42 Å². The van der Waals surface area contributed by atoms with E-state index in [2.05, 4.69) is 27.7 Å². The Morgan fingerprint density at radius 3 is 1.52 bits per heavy atom. The van der Waals surface area contributed by atoms with E-state index in [9.17, 15) is 8.42 Å². The molecule has 23 heavy (non-hydrogen) atoms. The van der Waals surface area contributed by atoms with E-state index in [1.165, 1.54) is 44.9 Å². The van der Waals surface area contributed by atoms with Crippen molar-refractivity contribution in [1.29, 1.82) is 0 Å². The van der Waals surface area contributed by atoms with Gasteiger partial charge in [-0.3, -0.25) is 4.55 Å². The van der Waals surface area contributed by atoms with Crippen LogP contribution in [0.3, 0.4) is 0 Å². The van der Waals surface area contributed by atoms with E-state index in [0.717, 1.165) is 31.2 Å². The molecule has 0 aliphatic heterocycles. The van der Waals surface area contributed by atoms with Gasteiger partial charge in [0.2, 0.25) is 0 Å². The molecule has 0 saturated carbocycles. The molecule has 0 fully saturated rings. The third kappa shape index (κ3) is 30.3. The highest BCUT2D eigenvalue weighted by atomic mass is 32.2. The zero-order valence-electron chi connectivity index (χ0n) is 15.9. The van der Waals surface area contributed by atoms with E-state index in [-0.39, 0.29) is 5.75 Å². The molecule has 0 aromatic carbocycles. The van der Waals surface area contributed by atoms with Gasteiger partial charge in [-0.05, 0) is 31.2 Å². The highest BCUT2D eigenvalue weighted by Crippen LogP contribution is 2.10. The summed E-state index contributed by atoms with van der Waals surface area (Å²) in [6, 6.07) is 0. The van der Waals surface area contributed by atoms with Crippen molar-refractivity contribution < 1.29 is 13.0 Å². The molecule has 0 radical (unpaired) electrons. The molecular formula is C18H41NO3S. The Bertz CT molecular complexity index is 327. The second kappa shape index (κ2) is 16.7. The summed E-state index contributed by atoms with van der Waals surface area (Å²) in [5.74, 6) is 1.53. The van der Waals surface area contributed by atoms with Crippen molar-refractivity contribution >= 4 is 10.1 Å². The van der Waals surface area contributed by atoms with E-state index < -0.39 is 10.1 Å². The van der Waals surface area contributed by atoms with Crippen molar-refractivity contribution in [3.8, 4) is 0 Å². The topological polar surface area (TPSA) is 80.4 Å². The lowest BCUT2D eigenvalue weighted by atomic mass is 10.0. The summed E-state index contributed by atoms with van der Waals surface area (Å²) in [6.45, 7) is 9.81. The zero-order valence-corrected chi connectivity index (χ0v) is 16.7. The van der Waals surface area contributed by atoms with Crippen LogP contribution in [0.2, 0.25) is 0 Å². The highest BCUT2D eigenvalue weighted by Gasteiger charge is 2.02. The minimum absolute atomic E-state index is 0.0861. The fourth-order valence-corrected chi connectivity index (χ4v) is 2.81. The van der Waals surface area contributed by atoms with Crippen LogP contribution in [-0.2, 0) is 10.1 Å². The van der Waals surface area contributed by atoms with Crippen molar-refractivity contribution in [1.82, 2.24) is 0 Å². The van der Waals surface area contributed by atoms with Crippen molar-refractivity contribution in [3.63, 3.8) is 0 Å². The number of nitrogens with two attached hydrogens (primary N) is 1. The molecule has 0 aromatic heterocycles. The molecule has 0 unspecified atom stereocenters. The van der Waals surface area contributed by atoms with Gasteiger partial charge in [-0.15, -0.1) is 0 Å². The second-order valence-electron chi connectivity index (χ2n) is 7.27. The molecule has 0 rings (SSSR count). The smallest absolute Gasteiger partial charge is 0.264 e. The first-order chi connectivity index (χ1) is 10.7. The van der Waals surface area contributed by atoms with Crippen molar-refractivity contribution in [2.75, 3.05) is 12.3 Å². The highest BCUT2D eigenvalue weighted by molar-refractivity contribution is 7.85. The molecule has 0 amide bonds. The Kier molecular flexibility index (Phi) is 18.3. The Morgan fingerprint density at radius 2 is 1.13 bits per heavy atom. The van der Waals surface area contributed by atoms with Gasteiger partial charge in [-0.1, -0.05) is 79.1 Å². The second-order valence-corrected chi connectivity index (χ2v) is 8.84. The van der Waals surface area contributed by atoms with E-state index in [1.807, 2.05) is 0 Å². The largest absolute Gasteiger partial charge is 0.330 e. The van der Waals surface area contributed by atoms with Crippen LogP contribution < -0.4 is 5.73 Å². The predicted octanol–water partition coefficient (Wildman–Crippen LogP) is 5.03. The van der Waals surface area contributed by atoms with Crippen LogP contribution in [0.4, 0.5) is 0 Å². The molecule has 3 N–H and O–H groups in total. The van der Waals surface area contributed by atoms with Gasteiger partial charge in [0.1, 0.15) is 0 Å². The first-order valence-electron chi connectivity index (χ1n) is 9.34. The summed E-state index contributed by atoms with van der Waals surface area (Å²) in [5.41, 5.74) is 5.35. The Labute approximate surface area is 145 Å². The van der Waals surface area contributed by atoms with Crippen LogP contribution in [0.5, 0.6) is 0 Å². The number of hydrogen-bond acceptors (Lipinski definition) is 3. The Balaban J connectivity index is 0. The van der Waals surface area contributed by atoms with Crippen molar-refractivity contribution in [3.05, 3.63) is 0 Å². The van der Waals surface area contributed by atoms with Crippen LogP contribution in [0.15, 0.2) is 0 Å². The van der Waals surface area contributed by atoms with Gasteiger partial charge in [0.05, 0.1) is 5.75 Å². The molecule has 0 spiro atoms. The van der Waals surface area contributed by atoms with Gasteiger partial charge < -0.3 is 5.73 Å². The molecule has 0 aliphatic rings. The molecule has 0 aliphatic carbocycles. The van der Waals surface area contributed by atoms with Gasteiger partial charge in [0.25, 0.3) is 10.1 Å². The summed E-state index contributed by atoms with van der Waals surface area (Å²) < 4.78 is 29.2. The maximum absolute atomic E-state index is 10.4. The molecule has 5 heteroatoms. The lowest BCUT2D eigenvalue weighted by Crippen LogP contribution is -2.03. The normalized spacial score (nSPS) is 11.7. The SMILES string of the molecule is CC(C)CCCCCCCS(=O)(=O)O.CC(C)CCCCCN. The van der Waals surface area contributed by atoms with E-state index in [0.29, 0.717) is 6.42 Å². The third-order valence-electron chi connectivity index (χ3n) is 3.67. The summed E-state index contributed by atoms with van der Waals surface area (Å²) in [4.78, 5) is 0. The van der Waals surface area contributed by atoms with Crippen LogP contribution >= 0.6 is 0 Å². The first-order valence-corrected chi connectivity index (χ1v) is 10.9. The van der Waals surface area contributed by atoms with Gasteiger partial charge in [0, 0.05) is 0 Å². The predicted molar refractivity (Wildman–Crippen MR) is 101 cm³/mol. The van der Waals surface area contributed by atoms with Crippen LogP contribution in [0, 0.1) is 11.8 Å². The lowest BCUT2D eigenvalue weighted by Gasteiger charge is -2.03. The van der Waals surface area contributed by atoms with Crippen molar-refractivity contribution in [2.45, 2.75) is 91.9 Å². The Hall–Kier alpha value is -0.130. The monoisotopic (exact) mass is 351 g/mol. The average Bonchev–Trinajstić information content (AvgIpc) is 2.41.